The van der Waals surface area contributed by atoms with Gasteiger partial charge in [0.1, 0.15) is 0 Å². The van der Waals surface area contributed by atoms with Crippen molar-refractivity contribution in [2.75, 3.05) is 22.5 Å². The van der Waals surface area contributed by atoms with Gasteiger partial charge in [-0.25, -0.2) is 0 Å². The second kappa shape index (κ2) is 8.66. The van der Waals surface area contributed by atoms with Crippen LogP contribution in [0.1, 0.15) is 24.2 Å². The minimum atomic E-state index is -0.552. The van der Waals surface area contributed by atoms with Gasteiger partial charge in [-0.1, -0.05) is 19.9 Å². The largest absolute Gasteiger partial charge is 0.376 e. The molecular formula is C19H22N4O3. The van der Waals surface area contributed by atoms with Gasteiger partial charge in [-0.3, -0.25) is 14.4 Å². The molecule has 26 heavy (non-hydrogen) atoms. The standard InChI is InChI=1S/C19H22N4O3/c1-12(2)19(26)23-15-8-6-14(7-9-15)21-11-17(24)22-16-5-3-4-13(10-16)18(20)25/h3-10,12,21H,11H2,1-2H3,(H2,20,25)(H,22,24)(H,23,26). The van der Waals surface area contributed by atoms with E-state index in [-0.39, 0.29) is 24.3 Å². The van der Waals surface area contributed by atoms with Gasteiger partial charge in [0, 0.05) is 28.5 Å². The summed E-state index contributed by atoms with van der Waals surface area (Å²) in [6.45, 7) is 3.70. The maximum Gasteiger partial charge on any atom is 0.248 e. The van der Waals surface area contributed by atoms with Gasteiger partial charge >= 0.3 is 0 Å². The van der Waals surface area contributed by atoms with Crippen LogP contribution in [0.15, 0.2) is 48.5 Å². The highest BCUT2D eigenvalue weighted by Gasteiger charge is 2.08. The summed E-state index contributed by atoms with van der Waals surface area (Å²) >= 11 is 0. The lowest BCUT2D eigenvalue weighted by Gasteiger charge is -2.10. The van der Waals surface area contributed by atoms with Gasteiger partial charge < -0.3 is 21.7 Å². The van der Waals surface area contributed by atoms with Crippen LogP contribution in [0.25, 0.3) is 0 Å². The fourth-order valence-electron chi connectivity index (χ4n) is 2.10. The lowest BCUT2D eigenvalue weighted by Crippen LogP contribution is -2.22. The number of anilines is 3. The highest BCUT2D eigenvalue weighted by molar-refractivity contribution is 5.97. The van der Waals surface area contributed by atoms with Crippen molar-refractivity contribution in [1.82, 2.24) is 0 Å². The second-order valence-electron chi connectivity index (χ2n) is 6.07. The smallest absolute Gasteiger partial charge is 0.248 e. The number of benzene rings is 2. The monoisotopic (exact) mass is 354 g/mol. The molecule has 0 radical (unpaired) electrons. The predicted octanol–water partition coefficient (Wildman–Crippen LogP) is 2.43. The number of primary amides is 1. The Bertz CT molecular complexity index is 801. The van der Waals surface area contributed by atoms with E-state index in [1.807, 2.05) is 13.8 Å². The molecule has 2 aromatic carbocycles. The van der Waals surface area contributed by atoms with Crippen LogP contribution in [0.3, 0.4) is 0 Å². The molecule has 0 aliphatic heterocycles. The van der Waals surface area contributed by atoms with E-state index in [0.717, 1.165) is 5.69 Å². The second-order valence-corrected chi connectivity index (χ2v) is 6.07. The zero-order valence-electron chi connectivity index (χ0n) is 14.7. The first-order valence-electron chi connectivity index (χ1n) is 8.19. The van der Waals surface area contributed by atoms with Crippen molar-refractivity contribution >= 4 is 34.8 Å². The molecule has 5 N–H and O–H groups in total. The molecule has 2 aromatic rings. The van der Waals surface area contributed by atoms with Crippen molar-refractivity contribution < 1.29 is 14.4 Å². The molecule has 0 aliphatic rings. The molecule has 3 amide bonds. The maximum atomic E-state index is 12.0. The minimum Gasteiger partial charge on any atom is -0.376 e. The van der Waals surface area contributed by atoms with Crippen LogP contribution < -0.4 is 21.7 Å². The zero-order valence-corrected chi connectivity index (χ0v) is 14.7. The number of amides is 3. The highest BCUT2D eigenvalue weighted by atomic mass is 16.2. The Hall–Kier alpha value is -3.35. The van der Waals surface area contributed by atoms with E-state index in [4.69, 9.17) is 5.73 Å². The molecule has 7 heteroatoms. The first kappa shape index (κ1) is 19.0. The van der Waals surface area contributed by atoms with Crippen LogP contribution in [0.5, 0.6) is 0 Å². The Morgan fingerprint density at radius 1 is 0.923 bits per heavy atom. The van der Waals surface area contributed by atoms with Crippen LogP contribution in [0.2, 0.25) is 0 Å². The van der Waals surface area contributed by atoms with E-state index in [2.05, 4.69) is 16.0 Å². The number of nitrogens with one attached hydrogen (secondary N) is 3. The van der Waals surface area contributed by atoms with Gasteiger partial charge in [0.05, 0.1) is 6.54 Å². The first-order chi connectivity index (χ1) is 12.3. The summed E-state index contributed by atoms with van der Waals surface area (Å²) in [5.74, 6) is -0.958. The molecule has 0 saturated carbocycles. The van der Waals surface area contributed by atoms with Crippen LogP contribution >= 0.6 is 0 Å². The van der Waals surface area contributed by atoms with Crippen molar-refractivity contribution in [3.05, 3.63) is 54.1 Å². The summed E-state index contributed by atoms with van der Waals surface area (Å²) < 4.78 is 0. The quantitative estimate of drug-likeness (QED) is 0.611. The number of hydrogen-bond donors (Lipinski definition) is 4. The highest BCUT2D eigenvalue weighted by Crippen LogP contribution is 2.15. The number of carbonyl (C=O) groups excluding carboxylic acids is 3. The Balaban J connectivity index is 1.86. The van der Waals surface area contributed by atoms with E-state index in [0.29, 0.717) is 16.9 Å². The average molecular weight is 354 g/mol. The van der Waals surface area contributed by atoms with Crippen molar-refractivity contribution in [1.29, 1.82) is 0 Å². The number of nitrogens with two attached hydrogens (primary N) is 1. The Morgan fingerprint density at radius 2 is 1.58 bits per heavy atom. The van der Waals surface area contributed by atoms with Crippen LogP contribution in [-0.4, -0.2) is 24.3 Å². The van der Waals surface area contributed by atoms with E-state index >= 15 is 0 Å². The lowest BCUT2D eigenvalue weighted by molar-refractivity contribution is -0.119. The minimum absolute atomic E-state index is 0.0525. The van der Waals surface area contributed by atoms with Gasteiger partial charge in [0.25, 0.3) is 0 Å². The SMILES string of the molecule is CC(C)C(=O)Nc1ccc(NCC(=O)Nc2cccc(C(N)=O)c2)cc1. The summed E-state index contributed by atoms with van der Waals surface area (Å²) in [6.07, 6.45) is 0. The third-order valence-corrected chi connectivity index (χ3v) is 3.56. The molecular weight excluding hydrogens is 332 g/mol. The molecule has 0 aromatic heterocycles. The third kappa shape index (κ3) is 5.62. The molecule has 0 unspecified atom stereocenters. The molecule has 0 atom stereocenters. The summed E-state index contributed by atoms with van der Waals surface area (Å²) in [6, 6.07) is 13.5. The molecule has 7 nitrogen and oxygen atoms in total. The predicted molar refractivity (Wildman–Crippen MR) is 102 cm³/mol. The van der Waals surface area contributed by atoms with Crippen molar-refractivity contribution in [2.45, 2.75) is 13.8 Å². The van der Waals surface area contributed by atoms with Crippen LogP contribution in [-0.2, 0) is 9.59 Å². The topological polar surface area (TPSA) is 113 Å². The van der Waals surface area contributed by atoms with Gasteiger partial charge in [0.15, 0.2) is 0 Å². The molecule has 0 saturated heterocycles. The Kier molecular flexibility index (Phi) is 6.32. The molecule has 0 aliphatic carbocycles. The fraction of sp³-hybridized carbons (Fsp3) is 0.211. The molecule has 0 heterocycles. The first-order valence-corrected chi connectivity index (χ1v) is 8.19. The van der Waals surface area contributed by atoms with Crippen LogP contribution in [0.4, 0.5) is 17.1 Å². The van der Waals surface area contributed by atoms with E-state index in [1.165, 1.54) is 6.07 Å². The van der Waals surface area contributed by atoms with Crippen molar-refractivity contribution in [2.24, 2.45) is 11.7 Å². The van der Waals surface area contributed by atoms with Gasteiger partial charge in [-0.2, -0.15) is 0 Å². The van der Waals surface area contributed by atoms with Gasteiger partial charge in [-0.05, 0) is 42.5 Å². The van der Waals surface area contributed by atoms with Crippen LogP contribution in [0, 0.1) is 5.92 Å². The van der Waals surface area contributed by atoms with E-state index in [1.54, 1.807) is 42.5 Å². The molecule has 0 spiro atoms. The third-order valence-electron chi connectivity index (χ3n) is 3.56. The normalized spacial score (nSPS) is 10.3. The Labute approximate surface area is 152 Å². The summed E-state index contributed by atoms with van der Waals surface area (Å²) in [5, 5.41) is 8.48. The number of rotatable bonds is 7. The average Bonchev–Trinajstić information content (AvgIpc) is 2.61. The Morgan fingerprint density at radius 3 is 2.19 bits per heavy atom. The van der Waals surface area contributed by atoms with Crippen molar-refractivity contribution in [3.63, 3.8) is 0 Å². The molecule has 0 fully saturated rings. The maximum absolute atomic E-state index is 12.0. The number of carbonyl (C=O) groups is 3. The zero-order chi connectivity index (χ0) is 19.1. The number of hydrogen-bond acceptors (Lipinski definition) is 4. The lowest BCUT2D eigenvalue weighted by atomic mass is 10.2. The molecule has 0 bridgehead atoms. The van der Waals surface area contributed by atoms with Gasteiger partial charge in [-0.15, -0.1) is 0 Å². The van der Waals surface area contributed by atoms with E-state index < -0.39 is 5.91 Å². The fourth-order valence-corrected chi connectivity index (χ4v) is 2.10. The summed E-state index contributed by atoms with van der Waals surface area (Å²) in [4.78, 5) is 34.8. The van der Waals surface area contributed by atoms with Gasteiger partial charge in [0.2, 0.25) is 17.7 Å². The summed E-state index contributed by atoms with van der Waals surface area (Å²) in [7, 11) is 0. The van der Waals surface area contributed by atoms with Crippen molar-refractivity contribution in [3.8, 4) is 0 Å². The van der Waals surface area contributed by atoms with E-state index in [9.17, 15) is 14.4 Å². The molecule has 2 rings (SSSR count). The molecule has 136 valence electrons. The summed E-state index contributed by atoms with van der Waals surface area (Å²) in [5.41, 5.74) is 7.49.